The third-order valence-electron chi connectivity index (χ3n) is 4.23. The van der Waals surface area contributed by atoms with E-state index in [0.29, 0.717) is 12.6 Å². The Kier molecular flexibility index (Phi) is 6.99. The van der Waals surface area contributed by atoms with Crippen molar-refractivity contribution in [3.63, 3.8) is 0 Å². The highest BCUT2D eigenvalue weighted by Crippen LogP contribution is 2.23. The monoisotopic (exact) mass is 353 g/mol. The first-order valence-electron chi connectivity index (χ1n) is 8.38. The Labute approximate surface area is 144 Å². The molecule has 1 heterocycles. The number of nitrogens with zero attached hydrogens (tertiary/aromatic N) is 2. The third-order valence-corrected chi connectivity index (χ3v) is 5.68. The second kappa shape index (κ2) is 8.98. The number of pyridine rings is 1. The molecule has 3 N–H and O–H groups in total. The predicted octanol–water partition coefficient (Wildman–Crippen LogP) is 1.10. The Morgan fingerprint density at radius 2 is 2.04 bits per heavy atom. The molecule has 0 radical (unpaired) electrons. The van der Waals surface area contributed by atoms with Crippen LogP contribution in [0.15, 0.2) is 34.4 Å². The lowest BCUT2D eigenvalue weighted by Gasteiger charge is -2.28. The van der Waals surface area contributed by atoms with Gasteiger partial charge in [0.2, 0.25) is 10.0 Å². The zero-order chi connectivity index (χ0) is 17.4. The van der Waals surface area contributed by atoms with Crippen molar-refractivity contribution in [2.45, 2.75) is 43.5 Å². The van der Waals surface area contributed by atoms with E-state index in [9.17, 15) is 8.42 Å². The van der Waals surface area contributed by atoms with Gasteiger partial charge in [0, 0.05) is 38.6 Å². The molecule has 7 nitrogen and oxygen atoms in total. The van der Waals surface area contributed by atoms with E-state index in [4.69, 9.17) is 0 Å². The van der Waals surface area contributed by atoms with Crippen molar-refractivity contribution in [2.75, 3.05) is 20.1 Å². The van der Waals surface area contributed by atoms with Crippen LogP contribution in [0.4, 0.5) is 0 Å². The van der Waals surface area contributed by atoms with Gasteiger partial charge >= 0.3 is 0 Å². The van der Waals surface area contributed by atoms with Gasteiger partial charge in [0.05, 0.1) is 0 Å². The molecule has 2 rings (SSSR count). The fraction of sp³-hybridized carbons (Fsp3) is 0.625. The van der Waals surface area contributed by atoms with E-state index in [1.165, 1.54) is 25.1 Å². The van der Waals surface area contributed by atoms with E-state index >= 15 is 0 Å². The van der Waals surface area contributed by atoms with Crippen LogP contribution >= 0.6 is 0 Å². The van der Waals surface area contributed by atoms with Crippen LogP contribution in [0, 0.1) is 5.92 Å². The maximum absolute atomic E-state index is 12.1. The Balaban J connectivity index is 1.72. The van der Waals surface area contributed by atoms with Crippen LogP contribution in [0.3, 0.4) is 0 Å². The summed E-state index contributed by atoms with van der Waals surface area (Å²) < 4.78 is 26.7. The Morgan fingerprint density at radius 1 is 1.29 bits per heavy atom. The highest BCUT2D eigenvalue weighted by atomic mass is 32.2. The molecule has 0 amide bonds. The standard InChI is InChI=1S/C16H27N5O2S/c1-13-5-7-14(8-6-13)21-16(17-2)19-10-11-20-24(22,23)15-4-3-9-18-12-15/h3-4,9,12-14,20H,5-8,10-11H2,1-2H3,(H2,17,19,21). The lowest BCUT2D eigenvalue weighted by molar-refractivity contribution is 0.329. The second-order valence-electron chi connectivity index (χ2n) is 6.19. The second-order valence-corrected chi connectivity index (χ2v) is 7.95. The molecular formula is C16H27N5O2S. The van der Waals surface area contributed by atoms with Crippen LogP contribution in [0.5, 0.6) is 0 Å². The number of aliphatic imine (C=N–C) groups is 1. The average molecular weight is 353 g/mol. The van der Waals surface area contributed by atoms with Gasteiger partial charge in [0.15, 0.2) is 5.96 Å². The van der Waals surface area contributed by atoms with Crippen molar-refractivity contribution in [1.82, 2.24) is 20.3 Å². The van der Waals surface area contributed by atoms with Crippen molar-refractivity contribution in [3.05, 3.63) is 24.5 Å². The van der Waals surface area contributed by atoms with Crippen LogP contribution in [0.25, 0.3) is 0 Å². The molecular weight excluding hydrogens is 326 g/mol. The summed E-state index contributed by atoms with van der Waals surface area (Å²) in [7, 11) is -1.79. The average Bonchev–Trinajstić information content (AvgIpc) is 2.60. The molecule has 24 heavy (non-hydrogen) atoms. The normalized spacial score (nSPS) is 22.2. The molecule has 1 aliphatic rings. The van der Waals surface area contributed by atoms with E-state index < -0.39 is 10.0 Å². The molecule has 0 saturated heterocycles. The number of aromatic nitrogens is 1. The van der Waals surface area contributed by atoms with Gasteiger partial charge in [-0.2, -0.15) is 0 Å². The van der Waals surface area contributed by atoms with Gasteiger partial charge < -0.3 is 10.6 Å². The van der Waals surface area contributed by atoms with Crippen molar-refractivity contribution in [3.8, 4) is 0 Å². The summed E-state index contributed by atoms with van der Waals surface area (Å²) in [5.74, 6) is 1.52. The van der Waals surface area contributed by atoms with Crippen molar-refractivity contribution in [2.24, 2.45) is 10.9 Å². The summed E-state index contributed by atoms with van der Waals surface area (Å²) in [6, 6.07) is 3.57. The lowest BCUT2D eigenvalue weighted by atomic mass is 9.87. The molecule has 0 unspecified atom stereocenters. The van der Waals surface area contributed by atoms with Crippen LogP contribution in [0.2, 0.25) is 0 Å². The summed E-state index contributed by atoms with van der Waals surface area (Å²) in [4.78, 5) is 8.20. The predicted molar refractivity (Wildman–Crippen MR) is 95.3 cm³/mol. The van der Waals surface area contributed by atoms with Crippen molar-refractivity contribution >= 4 is 16.0 Å². The maximum atomic E-state index is 12.1. The van der Waals surface area contributed by atoms with E-state index in [1.54, 1.807) is 19.3 Å². The number of hydrogen-bond acceptors (Lipinski definition) is 4. The summed E-state index contributed by atoms with van der Waals surface area (Å²) >= 11 is 0. The SMILES string of the molecule is CN=C(NCCNS(=O)(=O)c1cccnc1)NC1CCC(C)CC1. The topological polar surface area (TPSA) is 95.5 Å². The minimum Gasteiger partial charge on any atom is -0.355 e. The molecule has 0 aliphatic heterocycles. The summed E-state index contributed by atoms with van der Waals surface area (Å²) in [6.45, 7) is 3.03. The number of rotatable bonds is 6. The van der Waals surface area contributed by atoms with Crippen molar-refractivity contribution < 1.29 is 8.42 Å². The molecule has 0 aromatic carbocycles. The van der Waals surface area contributed by atoms with Crippen LogP contribution in [0.1, 0.15) is 32.6 Å². The van der Waals surface area contributed by atoms with Crippen LogP contribution in [-0.2, 0) is 10.0 Å². The zero-order valence-electron chi connectivity index (χ0n) is 14.3. The first-order chi connectivity index (χ1) is 11.5. The summed E-state index contributed by atoms with van der Waals surface area (Å²) in [5, 5.41) is 6.56. The molecule has 8 heteroatoms. The van der Waals surface area contributed by atoms with Crippen LogP contribution in [-0.4, -0.2) is 45.5 Å². The van der Waals surface area contributed by atoms with Gasteiger partial charge in [0.1, 0.15) is 4.90 Å². The zero-order valence-corrected chi connectivity index (χ0v) is 15.1. The molecule has 134 valence electrons. The molecule has 0 atom stereocenters. The Morgan fingerprint density at radius 3 is 2.67 bits per heavy atom. The quantitative estimate of drug-likeness (QED) is 0.404. The van der Waals surface area contributed by atoms with E-state index in [0.717, 1.165) is 24.7 Å². The first-order valence-corrected chi connectivity index (χ1v) is 9.86. The maximum Gasteiger partial charge on any atom is 0.242 e. The molecule has 1 saturated carbocycles. The number of sulfonamides is 1. The number of nitrogens with one attached hydrogen (secondary N) is 3. The van der Waals surface area contributed by atoms with E-state index in [1.807, 2.05) is 0 Å². The van der Waals surface area contributed by atoms with E-state index in [-0.39, 0.29) is 11.4 Å². The molecule has 1 aromatic rings. The minimum absolute atomic E-state index is 0.170. The largest absolute Gasteiger partial charge is 0.355 e. The number of guanidine groups is 1. The van der Waals surface area contributed by atoms with Gasteiger partial charge in [0.25, 0.3) is 0 Å². The van der Waals surface area contributed by atoms with Crippen LogP contribution < -0.4 is 15.4 Å². The highest BCUT2D eigenvalue weighted by Gasteiger charge is 2.19. The summed E-state index contributed by atoms with van der Waals surface area (Å²) in [5.41, 5.74) is 0. The fourth-order valence-corrected chi connectivity index (χ4v) is 3.74. The summed E-state index contributed by atoms with van der Waals surface area (Å²) in [6.07, 6.45) is 7.65. The van der Waals surface area contributed by atoms with Gasteiger partial charge in [-0.3, -0.25) is 9.98 Å². The van der Waals surface area contributed by atoms with E-state index in [2.05, 4.69) is 32.3 Å². The molecule has 0 spiro atoms. The molecule has 0 bridgehead atoms. The molecule has 1 fully saturated rings. The highest BCUT2D eigenvalue weighted by molar-refractivity contribution is 7.89. The Hall–Kier alpha value is -1.67. The Bertz CT molecular complexity index is 625. The molecule has 1 aromatic heterocycles. The minimum atomic E-state index is -3.51. The van der Waals surface area contributed by atoms with Gasteiger partial charge in [-0.25, -0.2) is 13.1 Å². The fourth-order valence-electron chi connectivity index (χ4n) is 2.75. The van der Waals surface area contributed by atoms with Gasteiger partial charge in [-0.05, 0) is 43.7 Å². The molecule has 1 aliphatic carbocycles. The van der Waals surface area contributed by atoms with Gasteiger partial charge in [-0.1, -0.05) is 6.92 Å². The van der Waals surface area contributed by atoms with Gasteiger partial charge in [-0.15, -0.1) is 0 Å². The first kappa shape index (κ1) is 18.7. The third kappa shape index (κ3) is 5.76. The lowest BCUT2D eigenvalue weighted by Crippen LogP contribution is -2.46. The smallest absolute Gasteiger partial charge is 0.242 e. The number of hydrogen-bond donors (Lipinski definition) is 3. The van der Waals surface area contributed by atoms with Crippen molar-refractivity contribution in [1.29, 1.82) is 0 Å².